The van der Waals surface area contributed by atoms with Crippen LogP contribution >= 0.6 is 0 Å². The van der Waals surface area contributed by atoms with Gasteiger partial charge in [-0.1, -0.05) is 0 Å². The van der Waals surface area contributed by atoms with Gasteiger partial charge in [0.25, 0.3) is 5.91 Å². The number of hydrogen-bond acceptors (Lipinski definition) is 3. The molecule has 0 aliphatic carbocycles. The van der Waals surface area contributed by atoms with Gasteiger partial charge in [-0.2, -0.15) is 5.10 Å². The lowest BCUT2D eigenvalue weighted by Crippen LogP contribution is -2.25. The quantitative estimate of drug-likeness (QED) is 0.684. The fourth-order valence-corrected chi connectivity index (χ4v) is 2.50. The summed E-state index contributed by atoms with van der Waals surface area (Å²) in [5.74, 6) is -0.436. The van der Waals surface area contributed by atoms with Crippen LogP contribution in [-0.2, 0) is 4.74 Å². The van der Waals surface area contributed by atoms with Crippen molar-refractivity contribution in [1.29, 1.82) is 0 Å². The Bertz CT molecular complexity index is 843. The van der Waals surface area contributed by atoms with E-state index in [0.29, 0.717) is 24.4 Å². The number of aromatic nitrogens is 2. The summed E-state index contributed by atoms with van der Waals surface area (Å²) < 4.78 is 18.1. The molecule has 1 amide bonds. The third-order valence-electron chi connectivity index (χ3n) is 3.75. The van der Waals surface area contributed by atoms with Crippen molar-refractivity contribution in [3.05, 3.63) is 53.8 Å². The van der Waals surface area contributed by atoms with Crippen molar-refractivity contribution < 1.29 is 13.9 Å². The molecule has 24 heavy (non-hydrogen) atoms. The molecule has 0 spiro atoms. The maximum absolute atomic E-state index is 13.1. The van der Waals surface area contributed by atoms with Gasteiger partial charge in [-0.25, -0.2) is 4.39 Å². The molecule has 3 rings (SSSR count). The lowest BCUT2D eigenvalue weighted by molar-refractivity contribution is 0.0948. The SMILES string of the molecule is COCCCNC(=O)c1ccc2[nH]nc(-c3ccc(F)cc3)c2c1. The highest BCUT2D eigenvalue weighted by molar-refractivity contribution is 6.01. The Labute approximate surface area is 138 Å². The highest BCUT2D eigenvalue weighted by Gasteiger charge is 2.12. The third-order valence-corrected chi connectivity index (χ3v) is 3.75. The van der Waals surface area contributed by atoms with Gasteiger partial charge in [0.1, 0.15) is 5.82 Å². The van der Waals surface area contributed by atoms with E-state index in [1.807, 2.05) is 6.07 Å². The molecular weight excluding hydrogens is 309 g/mol. The number of fused-ring (bicyclic) bond motifs is 1. The van der Waals surface area contributed by atoms with E-state index >= 15 is 0 Å². The first-order chi connectivity index (χ1) is 11.7. The number of aromatic amines is 1. The van der Waals surface area contributed by atoms with Crippen molar-refractivity contribution >= 4 is 16.8 Å². The average Bonchev–Trinajstić information content (AvgIpc) is 3.02. The molecule has 3 aromatic rings. The molecule has 5 nitrogen and oxygen atoms in total. The van der Waals surface area contributed by atoms with Gasteiger partial charge in [0, 0.05) is 36.8 Å². The number of hydrogen-bond donors (Lipinski definition) is 2. The number of halogens is 1. The number of ether oxygens (including phenoxy) is 1. The lowest BCUT2D eigenvalue weighted by Gasteiger charge is -2.05. The summed E-state index contributed by atoms with van der Waals surface area (Å²) in [6.07, 6.45) is 0.761. The van der Waals surface area contributed by atoms with Gasteiger partial charge in [0.2, 0.25) is 0 Å². The first kappa shape index (κ1) is 16.1. The van der Waals surface area contributed by atoms with Crippen LogP contribution in [0.2, 0.25) is 0 Å². The van der Waals surface area contributed by atoms with Crippen LogP contribution in [0.4, 0.5) is 4.39 Å². The summed E-state index contributed by atoms with van der Waals surface area (Å²) in [6, 6.07) is 11.5. The molecule has 2 N–H and O–H groups in total. The first-order valence-corrected chi connectivity index (χ1v) is 7.70. The van der Waals surface area contributed by atoms with Crippen LogP contribution in [0.25, 0.3) is 22.2 Å². The number of nitrogens with one attached hydrogen (secondary N) is 2. The number of benzene rings is 2. The summed E-state index contributed by atoms with van der Waals surface area (Å²) in [4.78, 5) is 12.2. The first-order valence-electron chi connectivity index (χ1n) is 7.70. The lowest BCUT2D eigenvalue weighted by atomic mass is 10.1. The highest BCUT2D eigenvalue weighted by atomic mass is 19.1. The van der Waals surface area contributed by atoms with Gasteiger partial charge in [-0.15, -0.1) is 0 Å². The Morgan fingerprint density at radius 3 is 2.79 bits per heavy atom. The zero-order valence-electron chi connectivity index (χ0n) is 13.3. The Morgan fingerprint density at radius 2 is 2.04 bits per heavy atom. The number of H-pyrrole nitrogens is 1. The largest absolute Gasteiger partial charge is 0.385 e. The molecule has 0 saturated carbocycles. The fourth-order valence-electron chi connectivity index (χ4n) is 2.50. The van der Waals surface area contributed by atoms with Crippen LogP contribution in [0, 0.1) is 5.82 Å². The zero-order chi connectivity index (χ0) is 16.9. The van der Waals surface area contributed by atoms with Gasteiger partial charge in [0.05, 0.1) is 11.2 Å². The second kappa shape index (κ2) is 7.23. The molecule has 6 heteroatoms. The predicted octanol–water partition coefficient (Wildman–Crippen LogP) is 3.14. The van der Waals surface area contributed by atoms with Crippen molar-refractivity contribution in [2.45, 2.75) is 6.42 Å². The molecule has 1 heterocycles. The van der Waals surface area contributed by atoms with Crippen molar-refractivity contribution in [1.82, 2.24) is 15.5 Å². The molecule has 0 unspecified atom stereocenters. The van der Waals surface area contributed by atoms with Gasteiger partial charge >= 0.3 is 0 Å². The minimum atomic E-state index is -0.297. The van der Waals surface area contributed by atoms with Crippen LogP contribution in [0.15, 0.2) is 42.5 Å². The second-order valence-corrected chi connectivity index (χ2v) is 5.44. The summed E-state index contributed by atoms with van der Waals surface area (Å²) in [6.45, 7) is 1.16. The molecule has 0 aliphatic heterocycles. The molecule has 0 bridgehead atoms. The number of rotatable bonds is 6. The zero-order valence-corrected chi connectivity index (χ0v) is 13.3. The number of amides is 1. The monoisotopic (exact) mass is 327 g/mol. The van der Waals surface area contributed by atoms with Crippen LogP contribution in [-0.4, -0.2) is 36.4 Å². The summed E-state index contributed by atoms with van der Waals surface area (Å²) in [5.41, 5.74) is 2.87. The molecule has 0 saturated heterocycles. The molecule has 0 aliphatic rings. The Kier molecular flexibility index (Phi) is 4.86. The van der Waals surface area contributed by atoms with E-state index in [0.717, 1.165) is 22.9 Å². The molecule has 0 atom stereocenters. The standard InChI is InChI=1S/C18H18FN3O2/c1-24-10-2-9-20-18(23)13-5-8-16-15(11-13)17(22-21-16)12-3-6-14(19)7-4-12/h3-8,11H,2,9-10H2,1H3,(H,20,23)(H,21,22). The van der Waals surface area contributed by atoms with Crippen LogP contribution in [0.3, 0.4) is 0 Å². The fraction of sp³-hybridized carbons (Fsp3) is 0.222. The summed E-state index contributed by atoms with van der Waals surface area (Å²) >= 11 is 0. The average molecular weight is 327 g/mol. The third kappa shape index (κ3) is 3.44. The van der Waals surface area contributed by atoms with E-state index in [9.17, 15) is 9.18 Å². The number of carbonyl (C=O) groups excluding carboxylic acids is 1. The molecule has 0 fully saturated rings. The van der Waals surface area contributed by atoms with Crippen molar-refractivity contribution in [2.75, 3.05) is 20.3 Å². The molecular formula is C18H18FN3O2. The van der Waals surface area contributed by atoms with Gasteiger partial charge in [-0.05, 0) is 48.9 Å². The normalized spacial score (nSPS) is 10.9. The topological polar surface area (TPSA) is 67.0 Å². The molecule has 0 radical (unpaired) electrons. The van der Waals surface area contributed by atoms with E-state index in [4.69, 9.17) is 4.74 Å². The van der Waals surface area contributed by atoms with Gasteiger partial charge in [0.15, 0.2) is 0 Å². The molecule has 2 aromatic carbocycles. The van der Waals surface area contributed by atoms with Crippen molar-refractivity contribution in [3.8, 4) is 11.3 Å². The van der Waals surface area contributed by atoms with Gasteiger partial charge in [-0.3, -0.25) is 9.89 Å². The van der Waals surface area contributed by atoms with Crippen LogP contribution < -0.4 is 5.32 Å². The number of carbonyl (C=O) groups is 1. The van der Waals surface area contributed by atoms with Crippen LogP contribution in [0.1, 0.15) is 16.8 Å². The number of methoxy groups -OCH3 is 1. The minimum Gasteiger partial charge on any atom is -0.385 e. The second-order valence-electron chi connectivity index (χ2n) is 5.44. The van der Waals surface area contributed by atoms with Crippen molar-refractivity contribution in [3.63, 3.8) is 0 Å². The van der Waals surface area contributed by atoms with E-state index in [1.165, 1.54) is 12.1 Å². The van der Waals surface area contributed by atoms with E-state index < -0.39 is 0 Å². The predicted molar refractivity (Wildman–Crippen MR) is 90.3 cm³/mol. The smallest absolute Gasteiger partial charge is 0.251 e. The Hall–Kier alpha value is -2.73. The molecule has 1 aromatic heterocycles. The van der Waals surface area contributed by atoms with E-state index in [-0.39, 0.29) is 11.7 Å². The van der Waals surface area contributed by atoms with Crippen LogP contribution in [0.5, 0.6) is 0 Å². The van der Waals surface area contributed by atoms with E-state index in [2.05, 4.69) is 15.5 Å². The van der Waals surface area contributed by atoms with E-state index in [1.54, 1.807) is 31.4 Å². The molecule has 124 valence electrons. The maximum Gasteiger partial charge on any atom is 0.251 e. The van der Waals surface area contributed by atoms with Gasteiger partial charge < -0.3 is 10.1 Å². The number of nitrogens with zero attached hydrogens (tertiary/aromatic N) is 1. The summed E-state index contributed by atoms with van der Waals surface area (Å²) in [7, 11) is 1.63. The maximum atomic E-state index is 13.1. The Balaban J connectivity index is 1.85. The summed E-state index contributed by atoms with van der Waals surface area (Å²) in [5, 5.41) is 10.9. The minimum absolute atomic E-state index is 0.140. The highest BCUT2D eigenvalue weighted by Crippen LogP contribution is 2.27. The Morgan fingerprint density at radius 1 is 1.25 bits per heavy atom. The van der Waals surface area contributed by atoms with Crippen molar-refractivity contribution in [2.24, 2.45) is 0 Å².